The van der Waals surface area contributed by atoms with E-state index in [2.05, 4.69) is 26.0 Å². The molecule has 0 saturated heterocycles. The summed E-state index contributed by atoms with van der Waals surface area (Å²) in [7, 11) is 0. The van der Waals surface area contributed by atoms with Crippen LogP contribution in [0.5, 0.6) is 11.5 Å². The van der Waals surface area contributed by atoms with Crippen molar-refractivity contribution in [3.05, 3.63) is 53.4 Å². The molecule has 0 unspecified atom stereocenters. The van der Waals surface area contributed by atoms with Gasteiger partial charge in [0.15, 0.2) is 23.0 Å². The fourth-order valence-corrected chi connectivity index (χ4v) is 2.40. The Hall–Kier alpha value is -3.62. The maximum absolute atomic E-state index is 12.1. The number of nitrogens with one attached hydrogen (secondary N) is 2. The molecular formula is C17H15N5O4. The first-order valence-corrected chi connectivity index (χ1v) is 7.88. The van der Waals surface area contributed by atoms with Crippen LogP contribution in [0, 0.1) is 6.92 Å². The van der Waals surface area contributed by atoms with Crippen LogP contribution in [0.15, 0.2) is 40.9 Å². The summed E-state index contributed by atoms with van der Waals surface area (Å²) in [5.74, 6) is 2.55. The lowest BCUT2D eigenvalue weighted by molar-refractivity contribution is 0.102. The van der Waals surface area contributed by atoms with Crippen molar-refractivity contribution in [3.63, 3.8) is 0 Å². The van der Waals surface area contributed by atoms with E-state index in [-0.39, 0.29) is 12.5 Å². The molecule has 1 aliphatic heterocycles. The Kier molecular flexibility index (Phi) is 4.10. The van der Waals surface area contributed by atoms with Crippen LogP contribution >= 0.6 is 0 Å². The number of nitrogens with zero attached hydrogens (tertiary/aromatic N) is 3. The minimum absolute atomic E-state index is 0.180. The molecule has 0 aliphatic carbocycles. The Bertz CT molecular complexity index is 939. The predicted octanol–water partition coefficient (Wildman–Crippen LogP) is 2.37. The molecule has 132 valence electrons. The van der Waals surface area contributed by atoms with Crippen LogP contribution in [0.3, 0.4) is 0 Å². The predicted molar refractivity (Wildman–Crippen MR) is 91.1 cm³/mol. The lowest BCUT2D eigenvalue weighted by Gasteiger charge is -2.06. The first-order chi connectivity index (χ1) is 12.7. The summed E-state index contributed by atoms with van der Waals surface area (Å²) in [6.45, 7) is 2.52. The van der Waals surface area contributed by atoms with Crippen molar-refractivity contribution < 1.29 is 18.8 Å². The SMILES string of the molecule is Cc1cc(NC(=O)c2ccc(NCc3ccc4c(c3)OCO4)nn2)no1. The van der Waals surface area contributed by atoms with Gasteiger partial charge in [-0.2, -0.15) is 0 Å². The molecule has 0 fully saturated rings. The van der Waals surface area contributed by atoms with Crippen LogP contribution in [0.2, 0.25) is 0 Å². The smallest absolute Gasteiger partial charge is 0.277 e. The standard InChI is InChI=1S/C17H15N5O4/c1-10-6-16(22-26-10)19-17(23)12-3-5-15(21-20-12)18-8-11-2-4-13-14(7-11)25-9-24-13/h2-7H,8-9H2,1H3,(H,18,21)(H,19,22,23). The molecule has 2 N–H and O–H groups in total. The molecule has 0 atom stereocenters. The molecule has 26 heavy (non-hydrogen) atoms. The Balaban J connectivity index is 1.36. The number of carbonyl (C=O) groups is 1. The summed E-state index contributed by atoms with van der Waals surface area (Å²) in [6.07, 6.45) is 0. The van der Waals surface area contributed by atoms with Crippen molar-refractivity contribution in [1.82, 2.24) is 15.4 Å². The maximum Gasteiger partial charge on any atom is 0.277 e. The molecule has 3 heterocycles. The number of fused-ring (bicyclic) bond motifs is 1. The van der Waals surface area contributed by atoms with Gasteiger partial charge in [0.1, 0.15) is 11.6 Å². The zero-order chi connectivity index (χ0) is 17.9. The Labute approximate surface area is 148 Å². The van der Waals surface area contributed by atoms with E-state index in [0.717, 1.165) is 17.1 Å². The molecule has 1 aromatic carbocycles. The van der Waals surface area contributed by atoms with Crippen LogP contribution < -0.4 is 20.1 Å². The number of aromatic nitrogens is 3. The fourth-order valence-electron chi connectivity index (χ4n) is 2.40. The molecule has 2 aromatic heterocycles. The third-order valence-electron chi connectivity index (χ3n) is 3.68. The van der Waals surface area contributed by atoms with Crippen LogP contribution in [0.1, 0.15) is 21.8 Å². The molecular weight excluding hydrogens is 338 g/mol. The van der Waals surface area contributed by atoms with Gasteiger partial charge in [0.2, 0.25) is 6.79 Å². The molecule has 4 rings (SSSR count). The van der Waals surface area contributed by atoms with E-state index < -0.39 is 5.91 Å². The van der Waals surface area contributed by atoms with Crippen molar-refractivity contribution in [2.24, 2.45) is 0 Å². The second kappa shape index (κ2) is 6.71. The van der Waals surface area contributed by atoms with Gasteiger partial charge in [-0.25, -0.2) is 0 Å². The molecule has 9 heteroatoms. The zero-order valence-electron chi connectivity index (χ0n) is 13.9. The summed E-state index contributed by atoms with van der Waals surface area (Å²) in [6, 6.07) is 10.6. The molecule has 0 radical (unpaired) electrons. The number of benzene rings is 1. The largest absolute Gasteiger partial charge is 0.454 e. The number of hydrogen-bond donors (Lipinski definition) is 2. The second-order valence-electron chi connectivity index (χ2n) is 5.62. The lowest BCUT2D eigenvalue weighted by atomic mass is 10.2. The van der Waals surface area contributed by atoms with Gasteiger partial charge in [0.05, 0.1) is 0 Å². The molecule has 0 spiro atoms. The summed E-state index contributed by atoms with van der Waals surface area (Å²) in [5, 5.41) is 17.4. The summed E-state index contributed by atoms with van der Waals surface area (Å²) >= 11 is 0. The number of aryl methyl sites for hydroxylation is 1. The highest BCUT2D eigenvalue weighted by Gasteiger charge is 2.14. The van der Waals surface area contributed by atoms with Crippen molar-refractivity contribution in [3.8, 4) is 11.5 Å². The van der Waals surface area contributed by atoms with Gasteiger partial charge in [0, 0.05) is 12.6 Å². The van der Waals surface area contributed by atoms with Gasteiger partial charge in [-0.1, -0.05) is 11.2 Å². The van der Waals surface area contributed by atoms with Gasteiger partial charge < -0.3 is 24.6 Å². The molecule has 1 amide bonds. The van der Waals surface area contributed by atoms with E-state index in [9.17, 15) is 4.79 Å². The number of carbonyl (C=O) groups excluding carboxylic acids is 1. The number of amides is 1. The molecule has 0 saturated carbocycles. The van der Waals surface area contributed by atoms with E-state index in [4.69, 9.17) is 14.0 Å². The highest BCUT2D eigenvalue weighted by Crippen LogP contribution is 2.32. The van der Waals surface area contributed by atoms with E-state index >= 15 is 0 Å². The maximum atomic E-state index is 12.1. The third kappa shape index (κ3) is 3.41. The van der Waals surface area contributed by atoms with Gasteiger partial charge in [-0.3, -0.25) is 4.79 Å². The van der Waals surface area contributed by atoms with Crippen LogP contribution in [0.4, 0.5) is 11.6 Å². The van der Waals surface area contributed by atoms with Crippen molar-refractivity contribution >= 4 is 17.5 Å². The molecule has 0 bridgehead atoms. The van der Waals surface area contributed by atoms with Gasteiger partial charge in [0.25, 0.3) is 5.91 Å². The first kappa shape index (κ1) is 15.9. The monoisotopic (exact) mass is 353 g/mol. The minimum Gasteiger partial charge on any atom is -0.454 e. The Morgan fingerprint density at radius 2 is 1.96 bits per heavy atom. The van der Waals surface area contributed by atoms with Gasteiger partial charge in [-0.05, 0) is 36.8 Å². The van der Waals surface area contributed by atoms with Crippen molar-refractivity contribution in [2.75, 3.05) is 17.4 Å². The molecule has 3 aromatic rings. The highest BCUT2D eigenvalue weighted by molar-refractivity contribution is 6.02. The lowest BCUT2D eigenvalue weighted by Crippen LogP contribution is -2.15. The van der Waals surface area contributed by atoms with E-state index in [1.807, 2.05) is 18.2 Å². The zero-order valence-corrected chi connectivity index (χ0v) is 13.9. The first-order valence-electron chi connectivity index (χ1n) is 7.88. The number of anilines is 2. The van der Waals surface area contributed by atoms with E-state index in [1.54, 1.807) is 25.1 Å². The topological polar surface area (TPSA) is 111 Å². The number of rotatable bonds is 5. The summed E-state index contributed by atoms with van der Waals surface area (Å²) in [4.78, 5) is 12.1. The average Bonchev–Trinajstić information content (AvgIpc) is 3.28. The fraction of sp³-hybridized carbons (Fsp3) is 0.176. The number of ether oxygens (including phenoxy) is 2. The van der Waals surface area contributed by atoms with Gasteiger partial charge >= 0.3 is 0 Å². The van der Waals surface area contributed by atoms with Crippen molar-refractivity contribution in [2.45, 2.75) is 13.5 Å². The van der Waals surface area contributed by atoms with Crippen LogP contribution in [-0.4, -0.2) is 28.1 Å². The normalized spacial score (nSPS) is 12.0. The van der Waals surface area contributed by atoms with Crippen LogP contribution in [0.25, 0.3) is 0 Å². The third-order valence-corrected chi connectivity index (χ3v) is 3.68. The molecule has 9 nitrogen and oxygen atoms in total. The van der Waals surface area contributed by atoms with E-state index in [0.29, 0.717) is 23.9 Å². The quantitative estimate of drug-likeness (QED) is 0.719. The van der Waals surface area contributed by atoms with Gasteiger partial charge in [-0.15, -0.1) is 10.2 Å². The summed E-state index contributed by atoms with van der Waals surface area (Å²) in [5.41, 5.74) is 1.19. The van der Waals surface area contributed by atoms with Crippen LogP contribution in [-0.2, 0) is 6.54 Å². The Morgan fingerprint density at radius 1 is 1.08 bits per heavy atom. The summed E-state index contributed by atoms with van der Waals surface area (Å²) < 4.78 is 15.5. The van der Waals surface area contributed by atoms with Crippen molar-refractivity contribution in [1.29, 1.82) is 0 Å². The second-order valence-corrected chi connectivity index (χ2v) is 5.62. The molecule has 1 aliphatic rings. The number of hydrogen-bond acceptors (Lipinski definition) is 8. The van der Waals surface area contributed by atoms with E-state index in [1.165, 1.54) is 0 Å². The average molecular weight is 353 g/mol. The highest BCUT2D eigenvalue weighted by atomic mass is 16.7. The minimum atomic E-state index is -0.409. The Morgan fingerprint density at radius 3 is 2.73 bits per heavy atom.